The molecule has 328 valence electrons. The smallest absolute Gasteiger partial charge is 0.326 e. The Bertz CT molecular complexity index is 1820. The van der Waals surface area contributed by atoms with Gasteiger partial charge in [-0.15, -0.1) is 0 Å². The van der Waals surface area contributed by atoms with Crippen LogP contribution in [0.25, 0.3) is 10.9 Å². The Hall–Kier alpha value is -5.60. The number of carbonyl (C=O) groups excluding carboxylic acids is 7. The van der Waals surface area contributed by atoms with Crippen LogP contribution in [0.1, 0.15) is 80.2 Å². The van der Waals surface area contributed by atoms with Crippen molar-refractivity contribution in [2.75, 3.05) is 0 Å². The SMILES string of the molecule is CC[C@H](C)[C@H](NC(=O)[C@H](CCC(N)=O)NC(=O)[C@@H](NC(C)=O)[C@@H](C)O)C(=O)N[C@H](C(=O)N[C@@H](Cc1c[nH]c2ccccc12)C(=O)N[C@H](C(=O)O)C(C)C)[C@H](O)C(C)(C)O. The average molecular weight is 833 g/mol. The maximum absolute atomic E-state index is 14.2. The summed E-state index contributed by atoms with van der Waals surface area (Å²) in [7, 11) is 0. The summed E-state index contributed by atoms with van der Waals surface area (Å²) in [5.74, 6) is -9.07. The van der Waals surface area contributed by atoms with Crippen LogP contribution >= 0.6 is 0 Å². The van der Waals surface area contributed by atoms with Crippen LogP contribution in [0.2, 0.25) is 0 Å². The van der Waals surface area contributed by atoms with Crippen molar-refractivity contribution >= 4 is 58.2 Å². The van der Waals surface area contributed by atoms with Crippen LogP contribution in [0, 0.1) is 11.8 Å². The van der Waals surface area contributed by atoms with Crippen molar-refractivity contribution in [2.24, 2.45) is 17.6 Å². The van der Waals surface area contributed by atoms with E-state index in [-0.39, 0.29) is 19.3 Å². The molecule has 9 atom stereocenters. The van der Waals surface area contributed by atoms with Gasteiger partial charge in [0.2, 0.25) is 41.4 Å². The Morgan fingerprint density at radius 1 is 0.746 bits per heavy atom. The number of hydrogen-bond acceptors (Lipinski definition) is 11. The van der Waals surface area contributed by atoms with Gasteiger partial charge in [-0.05, 0) is 50.7 Å². The van der Waals surface area contributed by atoms with Gasteiger partial charge in [0, 0.05) is 36.9 Å². The van der Waals surface area contributed by atoms with Gasteiger partial charge in [0.25, 0.3) is 0 Å². The first-order valence-corrected chi connectivity index (χ1v) is 19.3. The summed E-state index contributed by atoms with van der Waals surface area (Å²) in [6.45, 7) is 11.1. The molecule has 0 saturated carbocycles. The number of aliphatic hydroxyl groups is 3. The number of aromatic amines is 1. The number of nitrogens with one attached hydrogen (secondary N) is 7. The van der Waals surface area contributed by atoms with Crippen molar-refractivity contribution in [3.05, 3.63) is 36.0 Å². The third-order valence-corrected chi connectivity index (χ3v) is 9.81. The molecule has 1 heterocycles. The molecular formula is C39H60N8O12. The summed E-state index contributed by atoms with van der Waals surface area (Å²) in [6, 6.07) is -2.17. The van der Waals surface area contributed by atoms with E-state index in [4.69, 9.17) is 5.73 Å². The van der Waals surface area contributed by atoms with Gasteiger partial charge >= 0.3 is 5.97 Å². The van der Waals surface area contributed by atoms with Gasteiger partial charge in [-0.25, -0.2) is 4.79 Å². The molecule has 1 aromatic heterocycles. The van der Waals surface area contributed by atoms with Crippen LogP contribution in [0.4, 0.5) is 0 Å². The van der Waals surface area contributed by atoms with Crippen molar-refractivity contribution in [2.45, 2.75) is 135 Å². The third kappa shape index (κ3) is 14.6. The molecule has 20 heteroatoms. The number of aromatic nitrogens is 1. The Morgan fingerprint density at radius 3 is 1.80 bits per heavy atom. The van der Waals surface area contributed by atoms with E-state index >= 15 is 0 Å². The van der Waals surface area contributed by atoms with E-state index < -0.39 is 120 Å². The molecule has 0 bridgehead atoms. The molecule has 2 aromatic rings. The standard InChI is InChI=1S/C39H60N8O12/c1-9-19(4)29(46-33(52)25(14-15-27(40)50)43-36(55)30(20(5)48)42-21(6)49)35(54)47-31(32(51)39(7,8)59)37(56)44-26(34(53)45-28(18(2)3)38(57)58)16-22-17-41-24-13-11-10-12-23(22)24/h10-13,17-20,25-26,28-32,41,48,51,59H,9,14-16H2,1-8H3,(H2,40,50)(H,42,49)(H,43,55)(H,44,56)(H,45,53)(H,46,52)(H,47,54)(H,57,58)/t19-,20+,25-,26-,28-,29-,30-,31-,32-/m0/s1. The Labute approximate surface area is 342 Å². The minimum Gasteiger partial charge on any atom is -0.480 e. The number of para-hydroxylation sites is 1. The molecule has 0 unspecified atom stereocenters. The highest BCUT2D eigenvalue weighted by molar-refractivity contribution is 5.97. The molecule has 0 spiro atoms. The maximum Gasteiger partial charge on any atom is 0.326 e. The van der Waals surface area contributed by atoms with Gasteiger partial charge < -0.3 is 63.0 Å². The quantitative estimate of drug-likeness (QED) is 0.0591. The molecule has 0 saturated heterocycles. The summed E-state index contributed by atoms with van der Waals surface area (Å²) in [5.41, 5.74) is 4.54. The van der Waals surface area contributed by atoms with Crippen LogP contribution < -0.4 is 37.6 Å². The number of amides is 7. The molecule has 20 nitrogen and oxygen atoms in total. The number of carbonyl (C=O) groups is 8. The number of carboxylic acids is 1. The fourth-order valence-corrected chi connectivity index (χ4v) is 6.09. The molecule has 0 aliphatic carbocycles. The highest BCUT2D eigenvalue weighted by atomic mass is 16.4. The van der Waals surface area contributed by atoms with E-state index in [9.17, 15) is 58.8 Å². The first-order valence-electron chi connectivity index (χ1n) is 19.3. The van der Waals surface area contributed by atoms with E-state index in [1.54, 1.807) is 58.2 Å². The maximum atomic E-state index is 14.2. The summed E-state index contributed by atoms with van der Waals surface area (Å²) in [6.07, 6.45) is -2.46. The van der Waals surface area contributed by atoms with Gasteiger partial charge in [0.15, 0.2) is 0 Å². The predicted molar refractivity (Wildman–Crippen MR) is 214 cm³/mol. The Morgan fingerprint density at radius 2 is 1.27 bits per heavy atom. The minimum atomic E-state index is -2.04. The lowest BCUT2D eigenvalue weighted by Crippen LogP contribution is -2.65. The molecular weight excluding hydrogens is 772 g/mol. The second-order valence-electron chi connectivity index (χ2n) is 15.6. The first-order chi connectivity index (χ1) is 27.4. The highest BCUT2D eigenvalue weighted by Gasteiger charge is 2.42. The Balaban J connectivity index is 2.52. The number of aliphatic hydroxyl groups excluding tert-OH is 2. The third-order valence-electron chi connectivity index (χ3n) is 9.81. The number of benzene rings is 1. The van der Waals surface area contributed by atoms with Crippen molar-refractivity contribution in [1.29, 1.82) is 0 Å². The number of rotatable bonds is 23. The van der Waals surface area contributed by atoms with E-state index in [2.05, 4.69) is 36.9 Å². The van der Waals surface area contributed by atoms with E-state index in [0.29, 0.717) is 16.5 Å². The number of fused-ring (bicyclic) bond motifs is 1. The average Bonchev–Trinajstić information content (AvgIpc) is 3.55. The summed E-state index contributed by atoms with van der Waals surface area (Å²) >= 11 is 0. The molecule has 0 aliphatic rings. The Kier molecular flexibility index (Phi) is 18.4. The fraction of sp³-hybridized carbons (Fsp3) is 0.590. The normalized spacial score (nSPS) is 16.2. The van der Waals surface area contributed by atoms with Crippen molar-refractivity contribution in [3.63, 3.8) is 0 Å². The summed E-state index contributed by atoms with van der Waals surface area (Å²) in [5, 5.41) is 57.2. The van der Waals surface area contributed by atoms with E-state index in [1.807, 2.05) is 0 Å². The first kappa shape index (κ1) is 49.5. The number of aliphatic carboxylic acids is 1. The van der Waals surface area contributed by atoms with Gasteiger partial charge in [0.05, 0.1) is 11.7 Å². The van der Waals surface area contributed by atoms with Crippen molar-refractivity contribution in [1.82, 2.24) is 36.9 Å². The topological polar surface area (TPSA) is 331 Å². The lowest BCUT2D eigenvalue weighted by Gasteiger charge is -2.34. The minimum absolute atomic E-state index is 0.173. The lowest BCUT2D eigenvalue weighted by atomic mass is 9.92. The molecule has 13 N–H and O–H groups in total. The van der Waals surface area contributed by atoms with Gasteiger partial charge in [0.1, 0.15) is 42.4 Å². The van der Waals surface area contributed by atoms with E-state index in [1.165, 1.54) is 20.8 Å². The van der Waals surface area contributed by atoms with Crippen LogP contribution in [0.3, 0.4) is 0 Å². The van der Waals surface area contributed by atoms with E-state index in [0.717, 1.165) is 6.92 Å². The summed E-state index contributed by atoms with van der Waals surface area (Å²) in [4.78, 5) is 107. The lowest BCUT2D eigenvalue weighted by molar-refractivity contribution is -0.144. The zero-order valence-electron chi connectivity index (χ0n) is 34.6. The van der Waals surface area contributed by atoms with Crippen LogP contribution in [0.15, 0.2) is 30.5 Å². The molecule has 7 amide bonds. The molecule has 0 radical (unpaired) electrons. The number of carboxylic acid groups (broad SMARTS) is 1. The van der Waals surface area contributed by atoms with Gasteiger partial charge in [-0.1, -0.05) is 52.3 Å². The molecule has 1 aromatic carbocycles. The van der Waals surface area contributed by atoms with Crippen molar-refractivity contribution in [3.8, 4) is 0 Å². The summed E-state index contributed by atoms with van der Waals surface area (Å²) < 4.78 is 0. The van der Waals surface area contributed by atoms with Crippen molar-refractivity contribution < 1.29 is 58.8 Å². The zero-order chi connectivity index (χ0) is 44.9. The number of hydrogen-bond donors (Lipinski definition) is 12. The second kappa shape index (κ2) is 22.0. The molecule has 0 aliphatic heterocycles. The van der Waals surface area contributed by atoms with Crippen LogP contribution in [-0.4, -0.2) is 127 Å². The van der Waals surface area contributed by atoms with Gasteiger partial charge in [-0.3, -0.25) is 33.6 Å². The second-order valence-corrected chi connectivity index (χ2v) is 15.6. The molecule has 0 fully saturated rings. The number of nitrogens with two attached hydrogens (primary N) is 1. The largest absolute Gasteiger partial charge is 0.480 e. The van der Waals surface area contributed by atoms with Gasteiger partial charge in [-0.2, -0.15) is 0 Å². The highest BCUT2D eigenvalue weighted by Crippen LogP contribution is 2.21. The monoisotopic (exact) mass is 832 g/mol. The predicted octanol–water partition coefficient (Wildman–Crippen LogP) is -1.80. The molecule has 2 rings (SSSR count). The molecule has 59 heavy (non-hydrogen) atoms. The number of primary amides is 1. The van der Waals surface area contributed by atoms with Crippen LogP contribution in [0.5, 0.6) is 0 Å². The van der Waals surface area contributed by atoms with Crippen LogP contribution in [-0.2, 0) is 44.8 Å². The number of H-pyrrole nitrogens is 1. The fourth-order valence-electron chi connectivity index (χ4n) is 6.09. The zero-order valence-corrected chi connectivity index (χ0v) is 34.6.